The summed E-state index contributed by atoms with van der Waals surface area (Å²) in [6.45, 7) is 12.2. The largest absolute Gasteiger partial charge is 0.300 e. The molecule has 0 saturated carbocycles. The van der Waals surface area contributed by atoms with Crippen molar-refractivity contribution in [2.24, 2.45) is 0 Å². The highest BCUT2D eigenvalue weighted by atomic mass is 15.2. The Morgan fingerprint density at radius 3 is 2.43 bits per heavy atom. The van der Waals surface area contributed by atoms with Gasteiger partial charge in [0.15, 0.2) is 0 Å². The highest BCUT2D eigenvalue weighted by Gasteiger charge is 2.04. The van der Waals surface area contributed by atoms with Gasteiger partial charge in [-0.2, -0.15) is 0 Å². The van der Waals surface area contributed by atoms with Crippen LogP contribution in [0.25, 0.3) is 0 Å². The van der Waals surface area contributed by atoms with E-state index in [-0.39, 0.29) is 0 Å². The first-order valence-electron chi connectivity index (χ1n) is 5.57. The van der Waals surface area contributed by atoms with Crippen LogP contribution in [0.5, 0.6) is 0 Å². The van der Waals surface area contributed by atoms with Gasteiger partial charge in [0, 0.05) is 6.54 Å². The molecule has 3 nitrogen and oxygen atoms in total. The van der Waals surface area contributed by atoms with E-state index < -0.39 is 0 Å². The van der Waals surface area contributed by atoms with Crippen LogP contribution in [0, 0.1) is 0 Å². The van der Waals surface area contributed by atoms with Crippen molar-refractivity contribution in [1.29, 1.82) is 0 Å². The molecule has 3 heteroatoms. The molecule has 0 amide bonds. The first kappa shape index (κ1) is 11.2. The zero-order valence-corrected chi connectivity index (χ0v) is 9.61. The van der Waals surface area contributed by atoms with Crippen molar-refractivity contribution < 1.29 is 4.57 Å². The van der Waals surface area contributed by atoms with E-state index >= 15 is 0 Å². The zero-order chi connectivity index (χ0) is 10.4. The number of aromatic nitrogens is 2. The van der Waals surface area contributed by atoms with Gasteiger partial charge in [-0.3, -0.25) is 4.90 Å². The maximum absolute atomic E-state index is 2.44. The summed E-state index contributed by atoms with van der Waals surface area (Å²) >= 11 is 0. The fourth-order valence-corrected chi connectivity index (χ4v) is 1.55. The van der Waals surface area contributed by atoms with Crippen molar-refractivity contribution >= 4 is 0 Å². The first-order valence-corrected chi connectivity index (χ1v) is 5.57. The van der Waals surface area contributed by atoms with Gasteiger partial charge in [-0.1, -0.05) is 13.8 Å². The van der Waals surface area contributed by atoms with Gasteiger partial charge in [-0.15, -0.1) is 0 Å². The molecule has 0 unspecified atom stereocenters. The van der Waals surface area contributed by atoms with E-state index in [2.05, 4.69) is 53.5 Å². The molecule has 0 bridgehead atoms. The van der Waals surface area contributed by atoms with Crippen LogP contribution in [-0.2, 0) is 13.1 Å². The predicted molar refractivity (Wildman–Crippen MR) is 58.1 cm³/mol. The third-order valence-electron chi connectivity index (χ3n) is 2.68. The van der Waals surface area contributed by atoms with Crippen molar-refractivity contribution in [1.82, 2.24) is 9.47 Å². The molecule has 0 radical (unpaired) electrons. The summed E-state index contributed by atoms with van der Waals surface area (Å²) in [6, 6.07) is 0. The number of hydrogen-bond acceptors (Lipinski definition) is 1. The summed E-state index contributed by atoms with van der Waals surface area (Å²) in [4.78, 5) is 2.44. The molecule has 0 fully saturated rings. The quantitative estimate of drug-likeness (QED) is 0.621. The van der Waals surface area contributed by atoms with Crippen molar-refractivity contribution in [2.75, 3.05) is 19.6 Å². The zero-order valence-electron chi connectivity index (χ0n) is 9.61. The lowest BCUT2D eigenvalue weighted by Crippen LogP contribution is -2.39. The fraction of sp³-hybridized carbons (Fsp3) is 0.727. The Balaban J connectivity index is 2.37. The Morgan fingerprint density at radius 1 is 1.21 bits per heavy atom. The van der Waals surface area contributed by atoms with Gasteiger partial charge in [0.1, 0.15) is 18.9 Å². The van der Waals surface area contributed by atoms with E-state index in [1.54, 1.807) is 0 Å². The van der Waals surface area contributed by atoms with Gasteiger partial charge in [0.2, 0.25) is 6.33 Å². The predicted octanol–water partition coefficient (Wildman–Crippen LogP) is 1.14. The molecule has 14 heavy (non-hydrogen) atoms. The number of rotatable bonds is 6. The molecule has 0 aliphatic carbocycles. The minimum absolute atomic E-state index is 1.05. The van der Waals surface area contributed by atoms with Crippen LogP contribution in [-0.4, -0.2) is 29.1 Å². The van der Waals surface area contributed by atoms with Gasteiger partial charge in [0.05, 0.1) is 6.54 Å². The highest BCUT2D eigenvalue weighted by Crippen LogP contribution is 1.87. The summed E-state index contributed by atoms with van der Waals surface area (Å²) in [5.74, 6) is 0. The number of nitrogens with zero attached hydrogens (tertiary/aromatic N) is 3. The fourth-order valence-electron chi connectivity index (χ4n) is 1.55. The molecule has 0 spiro atoms. The molecule has 0 atom stereocenters. The van der Waals surface area contributed by atoms with Gasteiger partial charge in [0.25, 0.3) is 0 Å². The SMILES string of the molecule is CCN(CC)CC[n+]1ccn(CC)c1. The van der Waals surface area contributed by atoms with Crippen molar-refractivity contribution in [3.8, 4) is 0 Å². The van der Waals surface area contributed by atoms with Gasteiger partial charge in [-0.25, -0.2) is 9.13 Å². The smallest absolute Gasteiger partial charge is 0.243 e. The Morgan fingerprint density at radius 2 is 1.93 bits per heavy atom. The first-order chi connectivity index (χ1) is 6.80. The molecule has 1 rings (SSSR count). The summed E-state index contributed by atoms with van der Waals surface area (Å²) in [7, 11) is 0. The van der Waals surface area contributed by atoms with Crippen LogP contribution in [0.1, 0.15) is 20.8 Å². The average molecular weight is 196 g/mol. The van der Waals surface area contributed by atoms with E-state index in [9.17, 15) is 0 Å². The Bertz CT molecular complexity index is 251. The second-order valence-corrected chi connectivity index (χ2v) is 3.51. The van der Waals surface area contributed by atoms with Crippen molar-refractivity contribution in [3.05, 3.63) is 18.7 Å². The maximum Gasteiger partial charge on any atom is 0.243 e. The molecule has 1 aromatic rings. The summed E-state index contributed by atoms with van der Waals surface area (Å²) < 4.78 is 4.45. The minimum Gasteiger partial charge on any atom is -0.300 e. The Hall–Kier alpha value is -0.830. The molecule has 1 heterocycles. The summed E-state index contributed by atoms with van der Waals surface area (Å²) in [5.41, 5.74) is 0. The molecule has 0 aliphatic rings. The number of aryl methyl sites for hydroxylation is 1. The second kappa shape index (κ2) is 5.81. The van der Waals surface area contributed by atoms with Gasteiger partial charge in [-0.05, 0) is 20.0 Å². The van der Waals surface area contributed by atoms with Gasteiger partial charge >= 0.3 is 0 Å². The number of imidazole rings is 1. The third-order valence-corrected chi connectivity index (χ3v) is 2.68. The average Bonchev–Trinajstić information content (AvgIpc) is 2.67. The van der Waals surface area contributed by atoms with Crippen LogP contribution in [0.3, 0.4) is 0 Å². The number of likely N-dealkylation sites (N-methyl/N-ethyl adjacent to an activating group) is 1. The van der Waals surface area contributed by atoms with Crippen LogP contribution in [0.2, 0.25) is 0 Å². The van der Waals surface area contributed by atoms with Crippen LogP contribution in [0.4, 0.5) is 0 Å². The molecule has 0 saturated heterocycles. The highest BCUT2D eigenvalue weighted by molar-refractivity contribution is 4.64. The molecule has 0 N–H and O–H groups in total. The Labute approximate surface area is 87.0 Å². The molecule has 0 aliphatic heterocycles. The lowest BCUT2D eigenvalue weighted by molar-refractivity contribution is -0.696. The lowest BCUT2D eigenvalue weighted by Gasteiger charge is -2.15. The lowest BCUT2D eigenvalue weighted by atomic mass is 10.4. The molecule has 1 aromatic heterocycles. The third kappa shape index (κ3) is 3.14. The van der Waals surface area contributed by atoms with Crippen LogP contribution < -0.4 is 4.57 Å². The summed E-state index contributed by atoms with van der Waals surface area (Å²) in [6.07, 6.45) is 6.44. The summed E-state index contributed by atoms with van der Waals surface area (Å²) in [5, 5.41) is 0. The van der Waals surface area contributed by atoms with Crippen LogP contribution in [0.15, 0.2) is 18.7 Å². The second-order valence-electron chi connectivity index (χ2n) is 3.51. The normalized spacial score (nSPS) is 11.1. The van der Waals surface area contributed by atoms with Crippen LogP contribution >= 0.6 is 0 Å². The molecule has 80 valence electrons. The topological polar surface area (TPSA) is 12.1 Å². The standard InChI is InChI=1S/C11H22N3/c1-4-12(5-2)7-9-14-10-8-13(6-3)11-14/h8,10-11H,4-7,9H2,1-3H3/q+1. The Kier molecular flexibility index (Phi) is 4.66. The molecular formula is C11H22N3+. The van der Waals surface area contributed by atoms with E-state index in [4.69, 9.17) is 0 Å². The van der Waals surface area contributed by atoms with E-state index in [0.29, 0.717) is 0 Å². The van der Waals surface area contributed by atoms with Crippen molar-refractivity contribution in [2.45, 2.75) is 33.9 Å². The van der Waals surface area contributed by atoms with E-state index in [1.807, 2.05) is 0 Å². The molecular weight excluding hydrogens is 174 g/mol. The van der Waals surface area contributed by atoms with E-state index in [1.165, 1.54) is 0 Å². The van der Waals surface area contributed by atoms with E-state index in [0.717, 1.165) is 32.7 Å². The maximum atomic E-state index is 2.44. The van der Waals surface area contributed by atoms with Gasteiger partial charge < -0.3 is 0 Å². The molecule has 0 aromatic carbocycles. The minimum atomic E-state index is 1.05. The monoisotopic (exact) mass is 196 g/mol. The number of hydrogen-bond donors (Lipinski definition) is 0. The van der Waals surface area contributed by atoms with Crippen molar-refractivity contribution in [3.63, 3.8) is 0 Å².